The Morgan fingerprint density at radius 2 is 2.04 bits per heavy atom. The first-order chi connectivity index (χ1) is 13.2. The van der Waals surface area contributed by atoms with Gasteiger partial charge >= 0.3 is 0 Å². The van der Waals surface area contributed by atoms with Gasteiger partial charge in [0.05, 0.1) is 12.1 Å². The summed E-state index contributed by atoms with van der Waals surface area (Å²) in [4.78, 5) is 19.0. The van der Waals surface area contributed by atoms with Crippen molar-refractivity contribution in [3.05, 3.63) is 30.6 Å². The number of piperidine rings is 1. The zero-order valence-corrected chi connectivity index (χ0v) is 16.3. The van der Waals surface area contributed by atoms with Gasteiger partial charge in [-0.3, -0.25) is 0 Å². The fourth-order valence-corrected chi connectivity index (χ4v) is 4.29. The molecule has 2 saturated heterocycles. The molecule has 0 radical (unpaired) electrons. The molecule has 146 valence electrons. The van der Waals surface area contributed by atoms with Crippen LogP contribution in [0.3, 0.4) is 0 Å². The summed E-state index contributed by atoms with van der Waals surface area (Å²) >= 11 is 0. The van der Waals surface area contributed by atoms with Gasteiger partial charge in [0.1, 0.15) is 23.8 Å². The molecule has 0 aromatic carbocycles. The average molecular weight is 371 g/mol. The number of imidazole rings is 1. The second-order valence-electron chi connectivity index (χ2n) is 7.97. The number of ether oxygens (including phenoxy) is 1. The van der Waals surface area contributed by atoms with Crippen molar-refractivity contribution < 1.29 is 4.74 Å². The summed E-state index contributed by atoms with van der Waals surface area (Å²) < 4.78 is 5.99. The maximum Gasteiger partial charge on any atom is 0.134 e. The fourth-order valence-electron chi connectivity index (χ4n) is 4.29. The highest BCUT2D eigenvalue weighted by molar-refractivity contribution is 5.49. The molecule has 0 saturated carbocycles. The topological polar surface area (TPSA) is 79.0 Å². The highest BCUT2D eigenvalue weighted by atomic mass is 16.5. The molecule has 27 heavy (non-hydrogen) atoms. The van der Waals surface area contributed by atoms with Gasteiger partial charge in [-0.2, -0.15) is 0 Å². The van der Waals surface area contributed by atoms with Gasteiger partial charge in [0, 0.05) is 44.1 Å². The molecule has 7 nitrogen and oxygen atoms in total. The maximum atomic E-state index is 5.99. The highest BCUT2D eigenvalue weighted by Crippen LogP contribution is 2.29. The zero-order chi connectivity index (χ0) is 18.6. The summed E-state index contributed by atoms with van der Waals surface area (Å²) in [5.41, 5.74) is 0. The largest absolute Gasteiger partial charge is 0.376 e. The Labute approximate surface area is 161 Å². The van der Waals surface area contributed by atoms with E-state index < -0.39 is 0 Å². The number of nitrogens with zero attached hydrogens (tertiary/aromatic N) is 4. The van der Waals surface area contributed by atoms with Crippen LogP contribution < -0.4 is 10.2 Å². The molecule has 2 aromatic rings. The van der Waals surface area contributed by atoms with Crippen LogP contribution in [0.15, 0.2) is 24.8 Å². The fraction of sp³-hybridized carbons (Fsp3) is 0.650. The van der Waals surface area contributed by atoms with Crippen molar-refractivity contribution in [1.29, 1.82) is 0 Å². The average Bonchev–Trinajstić information content (AvgIpc) is 3.23. The third-order valence-electron chi connectivity index (χ3n) is 5.73. The smallest absolute Gasteiger partial charge is 0.134 e. The molecule has 2 aliphatic rings. The van der Waals surface area contributed by atoms with Gasteiger partial charge in [-0.25, -0.2) is 15.0 Å². The number of rotatable bonds is 5. The molecule has 2 atom stereocenters. The quantitative estimate of drug-likeness (QED) is 0.841. The normalized spacial score (nSPS) is 24.3. The third-order valence-corrected chi connectivity index (χ3v) is 5.73. The summed E-state index contributed by atoms with van der Waals surface area (Å²) in [6.45, 7) is 7.28. The van der Waals surface area contributed by atoms with Gasteiger partial charge in [0.25, 0.3) is 0 Å². The Kier molecular flexibility index (Phi) is 5.57. The van der Waals surface area contributed by atoms with E-state index in [2.05, 4.69) is 50.1 Å². The van der Waals surface area contributed by atoms with Crippen molar-refractivity contribution in [3.8, 4) is 0 Å². The van der Waals surface area contributed by atoms with E-state index in [1.807, 2.05) is 12.4 Å². The van der Waals surface area contributed by atoms with E-state index in [0.717, 1.165) is 62.8 Å². The lowest BCUT2D eigenvalue weighted by molar-refractivity contribution is -0.0203. The monoisotopic (exact) mass is 370 g/mol. The number of anilines is 2. The van der Waals surface area contributed by atoms with E-state index in [1.165, 1.54) is 0 Å². The van der Waals surface area contributed by atoms with Crippen molar-refractivity contribution in [2.45, 2.75) is 57.6 Å². The van der Waals surface area contributed by atoms with E-state index >= 15 is 0 Å². The van der Waals surface area contributed by atoms with Crippen LogP contribution in [0.4, 0.5) is 11.6 Å². The molecule has 7 heteroatoms. The minimum Gasteiger partial charge on any atom is -0.376 e. The Bertz CT molecular complexity index is 711. The maximum absolute atomic E-state index is 5.99. The van der Waals surface area contributed by atoms with Gasteiger partial charge < -0.3 is 19.9 Å². The van der Waals surface area contributed by atoms with Gasteiger partial charge in [-0.15, -0.1) is 0 Å². The summed E-state index contributed by atoms with van der Waals surface area (Å²) in [7, 11) is 0. The zero-order valence-electron chi connectivity index (χ0n) is 16.3. The van der Waals surface area contributed by atoms with Crippen LogP contribution in [0.2, 0.25) is 0 Å². The van der Waals surface area contributed by atoms with E-state index in [-0.39, 0.29) is 6.10 Å². The molecule has 2 unspecified atom stereocenters. The van der Waals surface area contributed by atoms with Crippen LogP contribution in [0.25, 0.3) is 0 Å². The minimum absolute atomic E-state index is 0.237. The molecule has 0 amide bonds. The number of nitrogens with one attached hydrogen (secondary N) is 2. The lowest BCUT2D eigenvalue weighted by atomic mass is 9.93. The Morgan fingerprint density at radius 3 is 2.78 bits per heavy atom. The lowest BCUT2D eigenvalue weighted by Gasteiger charge is -2.35. The number of hydrogen-bond donors (Lipinski definition) is 2. The van der Waals surface area contributed by atoms with Crippen LogP contribution in [-0.4, -0.2) is 51.8 Å². The predicted octanol–water partition coefficient (Wildman–Crippen LogP) is 3.20. The molecular formula is C20H30N6O. The van der Waals surface area contributed by atoms with Gasteiger partial charge in [-0.1, -0.05) is 13.8 Å². The van der Waals surface area contributed by atoms with Crippen molar-refractivity contribution in [1.82, 2.24) is 19.9 Å². The lowest BCUT2D eigenvalue weighted by Crippen LogP contribution is -2.43. The first kappa shape index (κ1) is 18.2. The molecule has 2 aromatic heterocycles. The highest BCUT2D eigenvalue weighted by Gasteiger charge is 2.29. The molecule has 2 N–H and O–H groups in total. The Hall–Kier alpha value is -2.15. The molecule has 0 spiro atoms. The summed E-state index contributed by atoms with van der Waals surface area (Å²) in [5, 5.41) is 3.61. The van der Waals surface area contributed by atoms with E-state index in [9.17, 15) is 0 Å². The van der Waals surface area contributed by atoms with E-state index in [4.69, 9.17) is 4.74 Å². The van der Waals surface area contributed by atoms with Crippen LogP contribution in [-0.2, 0) is 4.74 Å². The van der Waals surface area contributed by atoms with Crippen molar-refractivity contribution in [3.63, 3.8) is 0 Å². The number of aromatic amines is 1. The number of aromatic nitrogens is 4. The molecule has 0 bridgehead atoms. The van der Waals surface area contributed by atoms with Gasteiger partial charge in [0.2, 0.25) is 0 Å². The minimum atomic E-state index is 0.237. The first-order valence-corrected chi connectivity index (χ1v) is 10.1. The number of hydrogen-bond acceptors (Lipinski definition) is 6. The van der Waals surface area contributed by atoms with E-state index in [0.29, 0.717) is 17.9 Å². The molecule has 0 aliphatic carbocycles. The summed E-state index contributed by atoms with van der Waals surface area (Å²) in [6.07, 6.45) is 10.0. The standard InChI is InChI=1S/C20H30N6O/c1-14(2)19-16(4-3-11-27-19)25-17-12-18(24-13-23-17)26-9-5-15(6-10-26)20-21-7-8-22-20/h7-8,12-16,19H,3-6,9-11H2,1-2H3,(H,21,22)(H,23,24,25). The van der Waals surface area contributed by atoms with Gasteiger partial charge in [0.15, 0.2) is 0 Å². The van der Waals surface area contributed by atoms with Crippen LogP contribution in [0.5, 0.6) is 0 Å². The first-order valence-electron chi connectivity index (χ1n) is 10.1. The summed E-state index contributed by atoms with van der Waals surface area (Å²) in [6, 6.07) is 2.39. The van der Waals surface area contributed by atoms with Crippen LogP contribution >= 0.6 is 0 Å². The Morgan fingerprint density at radius 1 is 1.19 bits per heavy atom. The van der Waals surface area contributed by atoms with E-state index in [1.54, 1.807) is 6.33 Å². The Balaban J connectivity index is 1.39. The molecule has 2 fully saturated rings. The third kappa shape index (κ3) is 4.24. The van der Waals surface area contributed by atoms with Crippen LogP contribution in [0.1, 0.15) is 51.3 Å². The predicted molar refractivity (Wildman–Crippen MR) is 106 cm³/mol. The molecule has 2 aliphatic heterocycles. The molecular weight excluding hydrogens is 340 g/mol. The molecule has 4 heterocycles. The SMILES string of the molecule is CC(C)C1OCCCC1Nc1cc(N2CCC(c3ncc[nH]3)CC2)ncn1. The second-order valence-corrected chi connectivity index (χ2v) is 7.97. The number of H-pyrrole nitrogens is 1. The van der Waals surface area contributed by atoms with Crippen molar-refractivity contribution in [2.75, 3.05) is 29.9 Å². The molecule has 4 rings (SSSR count). The van der Waals surface area contributed by atoms with Crippen molar-refractivity contribution >= 4 is 11.6 Å². The second kappa shape index (κ2) is 8.25. The summed E-state index contributed by atoms with van der Waals surface area (Å²) in [5.74, 6) is 4.01. The van der Waals surface area contributed by atoms with Gasteiger partial charge in [-0.05, 0) is 31.6 Å². The van der Waals surface area contributed by atoms with Crippen LogP contribution in [0, 0.1) is 5.92 Å². The van der Waals surface area contributed by atoms with Crippen molar-refractivity contribution in [2.24, 2.45) is 5.92 Å².